The highest BCUT2D eigenvalue weighted by Crippen LogP contribution is 2.39. The van der Waals surface area contributed by atoms with Gasteiger partial charge in [0.2, 0.25) is 0 Å². The molecule has 0 saturated carbocycles. The summed E-state index contributed by atoms with van der Waals surface area (Å²) in [4.78, 5) is 3.24. The van der Waals surface area contributed by atoms with Crippen molar-refractivity contribution in [2.75, 3.05) is 5.73 Å². The highest BCUT2D eigenvalue weighted by atomic mass is 19.4. The molecule has 0 spiro atoms. The first-order valence-corrected chi connectivity index (χ1v) is 4.11. The molecule has 1 heterocycles. The molecule has 0 bridgehead atoms. The van der Waals surface area contributed by atoms with Crippen LogP contribution in [0.2, 0.25) is 0 Å². The fraction of sp³-hybridized carbons (Fsp3) is 0.375. The van der Waals surface area contributed by atoms with Gasteiger partial charge in [-0.25, -0.2) is 8.78 Å². The van der Waals surface area contributed by atoms with Crippen molar-refractivity contribution in [1.29, 1.82) is 0 Å². The maximum absolute atomic E-state index is 12.5. The SMILES string of the molecule is NCc1ncc(C(F)F)c(N)c1C(F)(F)F. The lowest BCUT2D eigenvalue weighted by Crippen LogP contribution is -2.18. The molecule has 1 aromatic rings. The average Bonchev–Trinajstić information content (AvgIpc) is 2.14. The van der Waals surface area contributed by atoms with E-state index >= 15 is 0 Å². The lowest BCUT2D eigenvalue weighted by atomic mass is 10.1. The maximum atomic E-state index is 12.5. The van der Waals surface area contributed by atoms with Crippen molar-refractivity contribution < 1.29 is 22.0 Å². The molecular weight excluding hydrogens is 233 g/mol. The average molecular weight is 241 g/mol. The first-order valence-electron chi connectivity index (χ1n) is 4.11. The molecule has 3 nitrogen and oxygen atoms in total. The molecule has 0 amide bonds. The van der Waals surface area contributed by atoms with Gasteiger partial charge in [-0.3, -0.25) is 4.98 Å². The Morgan fingerprint density at radius 1 is 1.31 bits per heavy atom. The number of hydrogen-bond acceptors (Lipinski definition) is 3. The first kappa shape index (κ1) is 12.6. The van der Waals surface area contributed by atoms with Crippen molar-refractivity contribution in [3.8, 4) is 0 Å². The van der Waals surface area contributed by atoms with Gasteiger partial charge in [0.15, 0.2) is 0 Å². The van der Waals surface area contributed by atoms with Crippen LogP contribution in [0.15, 0.2) is 6.20 Å². The van der Waals surface area contributed by atoms with Crippen LogP contribution in [0, 0.1) is 0 Å². The Morgan fingerprint density at radius 3 is 2.25 bits per heavy atom. The van der Waals surface area contributed by atoms with Crippen molar-refractivity contribution in [1.82, 2.24) is 4.98 Å². The van der Waals surface area contributed by atoms with E-state index in [4.69, 9.17) is 11.5 Å². The summed E-state index contributed by atoms with van der Waals surface area (Å²) in [6.07, 6.45) is -7.35. The van der Waals surface area contributed by atoms with E-state index < -0.39 is 41.7 Å². The minimum atomic E-state index is -4.85. The number of rotatable bonds is 2. The third kappa shape index (κ3) is 2.21. The lowest BCUT2D eigenvalue weighted by Gasteiger charge is -2.16. The summed E-state index contributed by atoms with van der Waals surface area (Å²) in [7, 11) is 0. The van der Waals surface area contributed by atoms with Crippen molar-refractivity contribution in [3.63, 3.8) is 0 Å². The molecule has 8 heteroatoms. The Kier molecular flexibility index (Phi) is 3.32. The van der Waals surface area contributed by atoms with Crippen LogP contribution >= 0.6 is 0 Å². The van der Waals surface area contributed by atoms with Gasteiger partial charge >= 0.3 is 6.18 Å². The summed E-state index contributed by atoms with van der Waals surface area (Å²) < 4.78 is 62.2. The molecule has 0 radical (unpaired) electrons. The van der Waals surface area contributed by atoms with Gasteiger partial charge in [0.05, 0.1) is 16.9 Å². The van der Waals surface area contributed by atoms with Crippen molar-refractivity contribution in [2.45, 2.75) is 19.1 Å². The molecule has 1 rings (SSSR count). The van der Waals surface area contributed by atoms with Crippen LogP contribution < -0.4 is 11.5 Å². The number of nitrogens with two attached hydrogens (primary N) is 2. The third-order valence-electron chi connectivity index (χ3n) is 1.94. The Labute approximate surface area is 87.3 Å². The fourth-order valence-electron chi connectivity index (χ4n) is 1.23. The van der Waals surface area contributed by atoms with Crippen molar-refractivity contribution in [2.24, 2.45) is 5.73 Å². The zero-order chi connectivity index (χ0) is 12.5. The Morgan fingerprint density at radius 2 is 1.88 bits per heavy atom. The number of alkyl halides is 5. The van der Waals surface area contributed by atoms with Crippen LogP contribution in [-0.2, 0) is 12.7 Å². The second kappa shape index (κ2) is 4.20. The van der Waals surface area contributed by atoms with E-state index in [2.05, 4.69) is 4.98 Å². The van der Waals surface area contributed by atoms with Gasteiger partial charge in [0.1, 0.15) is 5.56 Å². The van der Waals surface area contributed by atoms with Gasteiger partial charge in [0, 0.05) is 12.7 Å². The fourth-order valence-corrected chi connectivity index (χ4v) is 1.23. The Bertz CT molecular complexity index is 388. The summed E-state index contributed by atoms with van der Waals surface area (Å²) in [5.41, 5.74) is 6.20. The standard InChI is InChI=1S/C8H8F5N3/c9-7(10)3-2-16-4(1-14)5(6(3)15)8(11,12)13/h2,7H,1,14H2,(H2,15,16). The van der Waals surface area contributed by atoms with Crippen molar-refractivity contribution >= 4 is 5.69 Å². The van der Waals surface area contributed by atoms with Gasteiger partial charge in [0.25, 0.3) is 6.43 Å². The highest BCUT2D eigenvalue weighted by molar-refractivity contribution is 5.56. The summed E-state index contributed by atoms with van der Waals surface area (Å²) >= 11 is 0. The number of halogens is 5. The number of nitrogens with zero attached hydrogens (tertiary/aromatic N) is 1. The molecule has 1 aromatic heterocycles. The third-order valence-corrected chi connectivity index (χ3v) is 1.94. The van der Waals surface area contributed by atoms with Crippen LogP contribution in [0.1, 0.15) is 23.2 Å². The molecule has 0 unspecified atom stereocenters. The summed E-state index contributed by atoms with van der Waals surface area (Å²) in [6.45, 7) is -0.525. The molecule has 16 heavy (non-hydrogen) atoms. The number of hydrogen-bond donors (Lipinski definition) is 2. The van der Waals surface area contributed by atoms with E-state index in [0.717, 1.165) is 0 Å². The first-order chi connectivity index (χ1) is 7.29. The smallest absolute Gasteiger partial charge is 0.398 e. The summed E-state index contributed by atoms with van der Waals surface area (Å²) in [6, 6.07) is 0. The normalized spacial score (nSPS) is 12.2. The topological polar surface area (TPSA) is 64.9 Å². The van der Waals surface area contributed by atoms with Gasteiger partial charge in [-0.1, -0.05) is 0 Å². The maximum Gasteiger partial charge on any atom is 0.420 e. The van der Waals surface area contributed by atoms with Crippen LogP contribution in [-0.4, -0.2) is 4.98 Å². The number of aromatic nitrogens is 1. The number of pyridine rings is 1. The second-order valence-electron chi connectivity index (χ2n) is 2.95. The van der Waals surface area contributed by atoms with Crippen LogP contribution in [0.25, 0.3) is 0 Å². The second-order valence-corrected chi connectivity index (χ2v) is 2.95. The zero-order valence-electron chi connectivity index (χ0n) is 7.85. The Hall–Kier alpha value is -1.44. The van der Waals surface area contributed by atoms with Crippen LogP contribution in [0.5, 0.6) is 0 Å². The van der Waals surface area contributed by atoms with Gasteiger partial charge in [-0.15, -0.1) is 0 Å². The van der Waals surface area contributed by atoms with Crippen molar-refractivity contribution in [3.05, 3.63) is 23.0 Å². The molecular formula is C8H8F5N3. The molecule has 0 saturated heterocycles. The summed E-state index contributed by atoms with van der Waals surface area (Å²) in [5.74, 6) is 0. The number of anilines is 1. The molecule has 4 N–H and O–H groups in total. The predicted molar refractivity (Wildman–Crippen MR) is 46.5 cm³/mol. The quantitative estimate of drug-likeness (QED) is 0.779. The number of nitrogen functional groups attached to an aromatic ring is 1. The summed E-state index contributed by atoms with van der Waals surface area (Å²) in [5, 5.41) is 0. The Balaban J connectivity index is 3.47. The minimum absolute atomic E-state index is 0.525. The van der Waals surface area contributed by atoms with Gasteiger partial charge < -0.3 is 11.5 Å². The molecule has 90 valence electrons. The minimum Gasteiger partial charge on any atom is -0.398 e. The molecule has 0 atom stereocenters. The molecule has 0 aliphatic heterocycles. The van der Waals surface area contributed by atoms with E-state index in [1.54, 1.807) is 0 Å². The van der Waals surface area contributed by atoms with Crippen LogP contribution in [0.3, 0.4) is 0 Å². The molecule has 0 aromatic carbocycles. The zero-order valence-corrected chi connectivity index (χ0v) is 7.85. The molecule has 0 aliphatic carbocycles. The van der Waals surface area contributed by atoms with Crippen LogP contribution in [0.4, 0.5) is 27.6 Å². The van der Waals surface area contributed by atoms with E-state index in [-0.39, 0.29) is 0 Å². The lowest BCUT2D eigenvalue weighted by molar-refractivity contribution is -0.137. The predicted octanol–water partition coefficient (Wildman–Crippen LogP) is 2.08. The van der Waals surface area contributed by atoms with Gasteiger partial charge in [-0.2, -0.15) is 13.2 Å². The monoisotopic (exact) mass is 241 g/mol. The van der Waals surface area contributed by atoms with Gasteiger partial charge in [-0.05, 0) is 0 Å². The van der Waals surface area contributed by atoms with E-state index in [9.17, 15) is 22.0 Å². The highest BCUT2D eigenvalue weighted by Gasteiger charge is 2.38. The molecule has 0 fully saturated rings. The van der Waals surface area contributed by atoms with E-state index in [1.807, 2.05) is 0 Å². The van der Waals surface area contributed by atoms with E-state index in [0.29, 0.717) is 6.20 Å². The molecule has 0 aliphatic rings. The largest absolute Gasteiger partial charge is 0.420 e. The van der Waals surface area contributed by atoms with E-state index in [1.165, 1.54) is 0 Å².